The Hall–Kier alpha value is -2.77. The second-order valence-corrected chi connectivity index (χ2v) is 9.90. The van der Waals surface area contributed by atoms with Gasteiger partial charge in [0, 0.05) is 45.1 Å². The first-order chi connectivity index (χ1) is 17.3. The van der Waals surface area contributed by atoms with Crippen LogP contribution in [0.5, 0.6) is 5.75 Å². The highest BCUT2D eigenvalue weighted by Crippen LogP contribution is 2.33. The number of ether oxygens (including phenoxy) is 1. The van der Waals surface area contributed by atoms with Crippen LogP contribution in [0.15, 0.2) is 65.8 Å². The van der Waals surface area contributed by atoms with Crippen LogP contribution in [0.25, 0.3) is 0 Å². The molecule has 1 atom stereocenters. The van der Waals surface area contributed by atoms with Crippen molar-refractivity contribution in [3.63, 3.8) is 0 Å². The molecule has 3 aromatic carbocycles. The summed E-state index contributed by atoms with van der Waals surface area (Å²) < 4.78 is 5.89. The van der Waals surface area contributed by atoms with Gasteiger partial charge in [-0.2, -0.15) is 5.10 Å². The van der Waals surface area contributed by atoms with Crippen molar-refractivity contribution < 1.29 is 14.3 Å². The second kappa shape index (κ2) is 12.0. The minimum absolute atomic E-state index is 0.0671. The molecule has 36 heavy (non-hydrogen) atoms. The third-order valence-corrected chi connectivity index (χ3v) is 6.72. The van der Waals surface area contributed by atoms with Gasteiger partial charge in [-0.25, -0.2) is 5.43 Å². The Morgan fingerprint density at radius 2 is 1.78 bits per heavy atom. The maximum Gasteiger partial charge on any atom is 0.259 e. The molecule has 4 rings (SSSR count). The lowest BCUT2D eigenvalue weighted by Crippen LogP contribution is -2.36. The highest BCUT2D eigenvalue weighted by Gasteiger charge is 2.31. The molecule has 0 unspecified atom stereocenters. The second-order valence-electron chi connectivity index (χ2n) is 8.21. The molecule has 0 saturated carbocycles. The summed E-state index contributed by atoms with van der Waals surface area (Å²) in [5.41, 5.74) is 4.70. The van der Waals surface area contributed by atoms with Crippen LogP contribution < -0.4 is 10.2 Å². The van der Waals surface area contributed by atoms with Crippen molar-refractivity contribution in [2.45, 2.75) is 18.9 Å². The molecule has 0 bridgehead atoms. The Labute approximate surface area is 228 Å². The molecule has 1 N–H and O–H groups in total. The zero-order valence-corrected chi connectivity index (χ0v) is 21.9. The molecule has 1 aliphatic heterocycles. The Balaban J connectivity index is 1.38. The number of halogens is 4. The first kappa shape index (κ1) is 26.3. The summed E-state index contributed by atoms with van der Waals surface area (Å²) in [4.78, 5) is 26.4. The fourth-order valence-corrected chi connectivity index (χ4v) is 4.90. The molecule has 10 heteroatoms. The smallest absolute Gasteiger partial charge is 0.259 e. The summed E-state index contributed by atoms with van der Waals surface area (Å²) in [5.74, 6) is -0.0963. The molecule has 1 aliphatic rings. The number of nitrogens with one attached hydrogen (secondary N) is 1. The predicted molar refractivity (Wildman–Crippen MR) is 143 cm³/mol. The average Bonchev–Trinajstić information content (AvgIpc) is 3.20. The van der Waals surface area contributed by atoms with Gasteiger partial charge in [0.1, 0.15) is 18.9 Å². The molecule has 3 aromatic rings. The topological polar surface area (TPSA) is 71.0 Å². The first-order valence-corrected chi connectivity index (χ1v) is 12.5. The maximum absolute atomic E-state index is 12.4. The third-order valence-electron chi connectivity index (χ3n) is 5.64. The van der Waals surface area contributed by atoms with E-state index < -0.39 is 5.91 Å². The van der Waals surface area contributed by atoms with Gasteiger partial charge in [0.25, 0.3) is 5.91 Å². The van der Waals surface area contributed by atoms with E-state index in [2.05, 4.69) is 10.5 Å². The number of carbonyl (C=O) groups is 2. The van der Waals surface area contributed by atoms with Crippen LogP contribution in [0.3, 0.4) is 0 Å². The third kappa shape index (κ3) is 6.71. The van der Waals surface area contributed by atoms with Crippen LogP contribution >= 0.6 is 46.4 Å². The van der Waals surface area contributed by atoms with E-state index in [0.29, 0.717) is 44.9 Å². The van der Waals surface area contributed by atoms with E-state index in [1.165, 1.54) is 11.1 Å². The number of carbonyl (C=O) groups excluding carboxylic acids is 2. The zero-order chi connectivity index (χ0) is 25.7. The molecule has 2 amide bonds. The van der Waals surface area contributed by atoms with Gasteiger partial charge in [-0.3, -0.25) is 9.59 Å². The first-order valence-electron chi connectivity index (χ1n) is 11.0. The number of benzene rings is 3. The summed E-state index contributed by atoms with van der Waals surface area (Å²) >= 11 is 24.7. The van der Waals surface area contributed by atoms with E-state index in [1.807, 2.05) is 30.3 Å². The van der Waals surface area contributed by atoms with Crippen LogP contribution in [0.4, 0.5) is 0 Å². The Morgan fingerprint density at radius 3 is 2.53 bits per heavy atom. The monoisotopic (exact) mass is 563 g/mol. The minimum Gasteiger partial charge on any atom is -0.487 e. The van der Waals surface area contributed by atoms with Crippen LogP contribution in [0.1, 0.15) is 29.0 Å². The lowest BCUT2D eigenvalue weighted by atomic mass is 9.99. The van der Waals surface area contributed by atoms with Gasteiger partial charge < -0.3 is 9.64 Å². The molecule has 1 fully saturated rings. The van der Waals surface area contributed by atoms with Crippen molar-refractivity contribution in [3.05, 3.63) is 97.4 Å². The minimum atomic E-state index is -0.420. The SMILES string of the molecule is O=C(CN1C[C@@H](c2ccccc2)CC1=O)N/N=C\c1cc(Cl)cc(Cl)c1OCc1ccc(Cl)cc1Cl. The van der Waals surface area contributed by atoms with Gasteiger partial charge >= 0.3 is 0 Å². The highest BCUT2D eigenvalue weighted by atomic mass is 35.5. The Bertz CT molecular complexity index is 1300. The molecular weight excluding hydrogens is 544 g/mol. The predicted octanol–water partition coefficient (Wildman–Crippen LogP) is 6.35. The standard InChI is InChI=1S/C26H21Cl4N3O3/c27-20-7-6-17(22(29)10-20)15-36-26-18(8-21(28)11-23(26)30)12-31-32-24(34)14-33-13-19(9-25(33)35)16-4-2-1-3-5-16/h1-8,10-12,19H,9,13-15H2,(H,32,34)/b31-12-/t19-/m0/s1. The highest BCUT2D eigenvalue weighted by molar-refractivity contribution is 6.36. The average molecular weight is 565 g/mol. The largest absolute Gasteiger partial charge is 0.487 e. The van der Waals surface area contributed by atoms with E-state index in [1.54, 1.807) is 30.3 Å². The molecule has 0 aromatic heterocycles. The van der Waals surface area contributed by atoms with Gasteiger partial charge in [-0.15, -0.1) is 0 Å². The Kier molecular flexibility index (Phi) is 8.75. The quantitative estimate of drug-likeness (QED) is 0.256. The summed E-state index contributed by atoms with van der Waals surface area (Å²) in [6.07, 6.45) is 1.76. The van der Waals surface area contributed by atoms with E-state index in [9.17, 15) is 9.59 Å². The summed E-state index contributed by atoms with van der Waals surface area (Å²) in [7, 11) is 0. The van der Waals surface area contributed by atoms with Crippen LogP contribution in [0.2, 0.25) is 20.1 Å². The number of hydrogen-bond acceptors (Lipinski definition) is 4. The normalized spacial score (nSPS) is 15.5. The lowest BCUT2D eigenvalue weighted by Gasteiger charge is -2.15. The molecule has 186 valence electrons. The number of hydrazone groups is 1. The van der Waals surface area contributed by atoms with Crippen molar-refractivity contribution in [3.8, 4) is 5.75 Å². The van der Waals surface area contributed by atoms with Gasteiger partial charge in [-0.1, -0.05) is 82.8 Å². The van der Waals surface area contributed by atoms with Crippen LogP contribution in [-0.2, 0) is 16.2 Å². The van der Waals surface area contributed by atoms with Crippen molar-refractivity contribution >= 4 is 64.4 Å². The Morgan fingerprint density at radius 1 is 1.03 bits per heavy atom. The van der Waals surface area contributed by atoms with Crippen molar-refractivity contribution in [1.82, 2.24) is 10.3 Å². The number of rotatable bonds is 8. The molecular formula is C26H21Cl4N3O3. The van der Waals surface area contributed by atoms with Crippen molar-refractivity contribution in [1.29, 1.82) is 0 Å². The fraction of sp³-hybridized carbons (Fsp3) is 0.192. The molecule has 0 radical (unpaired) electrons. The van der Waals surface area contributed by atoms with E-state index in [-0.39, 0.29) is 30.0 Å². The van der Waals surface area contributed by atoms with Gasteiger partial charge in [0.15, 0.2) is 0 Å². The molecule has 1 saturated heterocycles. The van der Waals surface area contributed by atoms with E-state index >= 15 is 0 Å². The summed E-state index contributed by atoms with van der Waals surface area (Å²) in [6.45, 7) is 0.521. The van der Waals surface area contributed by atoms with E-state index in [4.69, 9.17) is 51.1 Å². The summed E-state index contributed by atoms with van der Waals surface area (Å²) in [5, 5.41) is 5.63. The fourth-order valence-electron chi connectivity index (χ4n) is 3.87. The van der Waals surface area contributed by atoms with Crippen molar-refractivity contribution in [2.24, 2.45) is 5.10 Å². The summed E-state index contributed by atoms with van der Waals surface area (Å²) in [6, 6.07) is 18.0. The number of hydrogen-bond donors (Lipinski definition) is 1. The van der Waals surface area contributed by atoms with Gasteiger partial charge in [0.2, 0.25) is 5.91 Å². The van der Waals surface area contributed by atoms with E-state index in [0.717, 1.165) is 5.56 Å². The van der Waals surface area contributed by atoms with Gasteiger partial charge in [0.05, 0.1) is 11.2 Å². The van der Waals surface area contributed by atoms with Crippen LogP contribution in [-0.4, -0.2) is 36.0 Å². The van der Waals surface area contributed by atoms with Crippen LogP contribution in [0, 0.1) is 0 Å². The maximum atomic E-state index is 12.4. The zero-order valence-electron chi connectivity index (χ0n) is 18.9. The lowest BCUT2D eigenvalue weighted by molar-refractivity contribution is -0.133. The number of amides is 2. The molecule has 0 spiro atoms. The molecule has 1 heterocycles. The van der Waals surface area contributed by atoms with Gasteiger partial charge in [-0.05, 0) is 29.8 Å². The number of likely N-dealkylation sites (tertiary alicyclic amines) is 1. The van der Waals surface area contributed by atoms with Crippen molar-refractivity contribution in [2.75, 3.05) is 13.1 Å². The molecule has 6 nitrogen and oxygen atoms in total. The molecule has 0 aliphatic carbocycles. The number of nitrogens with zero attached hydrogens (tertiary/aromatic N) is 2.